The van der Waals surface area contributed by atoms with Gasteiger partial charge < -0.3 is 55.0 Å². The van der Waals surface area contributed by atoms with Crippen molar-refractivity contribution in [1.29, 1.82) is 0 Å². The molecule has 10 N–H and O–H groups in total. The molecule has 12 aromatic heterocycles. The summed E-state index contributed by atoms with van der Waals surface area (Å²) < 4.78 is 19.6. The fraction of sp³-hybridized carbons (Fsp3) is 0.122. The summed E-state index contributed by atoms with van der Waals surface area (Å²) in [6, 6.07) is 50.3. The molecule has 12 heterocycles. The minimum Gasteiger partial charge on any atom is -0.469 e. The first-order valence-electron chi connectivity index (χ1n) is 39.2. The summed E-state index contributed by atoms with van der Waals surface area (Å²) in [6.07, 6.45) is 13.2. The molecule has 20 aromatic rings. The minimum absolute atomic E-state index is 0.0161. The van der Waals surface area contributed by atoms with Crippen molar-refractivity contribution in [2.24, 2.45) is 0 Å². The summed E-state index contributed by atoms with van der Waals surface area (Å²) >= 11 is 3.19. The number of tetrazole rings is 5. The van der Waals surface area contributed by atoms with Crippen molar-refractivity contribution in [3.05, 3.63) is 310 Å². The maximum atomic E-state index is 13.8. The maximum absolute atomic E-state index is 13.8. The van der Waals surface area contributed by atoms with Gasteiger partial charge in [-0.1, -0.05) is 90.0 Å². The number of furan rings is 1. The van der Waals surface area contributed by atoms with Gasteiger partial charge in [0.2, 0.25) is 5.91 Å². The number of nitrogens with zero attached hydrogens (tertiary/aromatic N) is 31. The lowest BCUT2D eigenvalue weighted by atomic mass is 10.1. The van der Waals surface area contributed by atoms with Crippen molar-refractivity contribution in [3.8, 4) is 0 Å². The predicted molar refractivity (Wildman–Crippen MR) is 461 cm³/mol. The second-order valence-corrected chi connectivity index (χ2v) is 29.6. The molecule has 0 aliphatic heterocycles. The molecule has 0 saturated heterocycles. The fourth-order valence-corrected chi connectivity index (χ4v) is 14.2. The number of pyridine rings is 1. The summed E-state index contributed by atoms with van der Waals surface area (Å²) in [5, 5.41) is 139. The molecule has 20 rings (SSSR count). The number of halogens is 2. The molecule has 0 saturated carbocycles. The number of carbonyl (C=O) groups excluding carboxylic acids is 5. The van der Waals surface area contributed by atoms with E-state index in [0.29, 0.717) is 141 Å². The number of H-pyrrole nitrogens is 5. The van der Waals surface area contributed by atoms with Crippen molar-refractivity contribution < 1.29 is 58.8 Å². The minimum atomic E-state index is -0.538. The molecule has 131 heavy (non-hydrogen) atoms. The molecular weight excluding hydrogens is 1760 g/mol. The largest absolute Gasteiger partial charge is 0.469 e. The predicted octanol–water partition coefficient (Wildman–Crippen LogP) is 9.30. The van der Waals surface area contributed by atoms with E-state index in [1.807, 2.05) is 62.4 Å². The van der Waals surface area contributed by atoms with Gasteiger partial charge in [0.05, 0.1) is 81.1 Å². The number of anilines is 5. The highest BCUT2D eigenvalue weighted by Gasteiger charge is 2.29. The van der Waals surface area contributed by atoms with Crippen molar-refractivity contribution in [2.45, 2.75) is 66.3 Å². The summed E-state index contributed by atoms with van der Waals surface area (Å²) in [4.78, 5) is 80.9. The molecule has 0 bridgehead atoms. The van der Waals surface area contributed by atoms with Crippen LogP contribution in [0, 0.1) is 26.6 Å². The van der Waals surface area contributed by atoms with Crippen LogP contribution in [0.3, 0.4) is 0 Å². The van der Waals surface area contributed by atoms with Gasteiger partial charge in [0.15, 0.2) is 29.1 Å². The van der Waals surface area contributed by atoms with Crippen LogP contribution in [0.25, 0.3) is 54.5 Å². The van der Waals surface area contributed by atoms with Crippen LogP contribution in [0.4, 0.5) is 32.8 Å². The van der Waals surface area contributed by atoms with Gasteiger partial charge in [-0.05, 0) is 166 Å². The number of aromatic nitrogens is 31. The fourth-order valence-electron chi connectivity index (χ4n) is 13.7. The number of benzene rings is 8. The molecule has 49 heteroatoms. The first kappa shape index (κ1) is 86.2. The molecule has 0 aliphatic carbocycles. The number of aryl methyl sites for hydroxylation is 4. The van der Waals surface area contributed by atoms with E-state index in [2.05, 4.69) is 150 Å². The summed E-state index contributed by atoms with van der Waals surface area (Å²) in [7, 11) is 0. The average Bonchev–Trinajstić information content (AvgIpc) is 1.62. The second kappa shape index (κ2) is 38.8. The highest BCUT2D eigenvalue weighted by molar-refractivity contribution is 9.10. The molecule has 658 valence electrons. The van der Waals surface area contributed by atoms with Crippen molar-refractivity contribution in [2.75, 3.05) is 24.5 Å². The molecule has 0 radical (unpaired) electrons. The first-order valence-corrected chi connectivity index (χ1v) is 40.0. The lowest BCUT2D eigenvalue weighted by Gasteiger charge is -2.22. The Balaban J connectivity index is 0.000000120. The van der Waals surface area contributed by atoms with Crippen LogP contribution in [0.1, 0.15) is 99.4 Å². The second-order valence-electron chi connectivity index (χ2n) is 28.7. The maximum Gasteiger partial charge on any atom is 0.262 e. The summed E-state index contributed by atoms with van der Waals surface area (Å²) in [5.41, 5.74) is 10.2. The van der Waals surface area contributed by atoms with Gasteiger partial charge in [0.25, 0.3) is 23.6 Å². The molecule has 0 atom stereocenters. The molecule has 8 aromatic carbocycles. The third-order valence-corrected chi connectivity index (χ3v) is 20.5. The number of hydrogen-bond acceptors (Lipinski definition) is 32. The zero-order valence-corrected chi connectivity index (χ0v) is 70.2. The molecule has 0 unspecified atom stereocenters. The smallest absolute Gasteiger partial charge is 0.262 e. The van der Waals surface area contributed by atoms with Crippen LogP contribution >= 0.6 is 15.9 Å². The lowest BCUT2D eigenvalue weighted by molar-refractivity contribution is -0.118. The van der Waals surface area contributed by atoms with Gasteiger partial charge in [-0.2, -0.15) is 26.1 Å². The van der Waals surface area contributed by atoms with E-state index in [1.54, 1.807) is 145 Å². The summed E-state index contributed by atoms with van der Waals surface area (Å²) in [6.45, 7) is 6.11. The van der Waals surface area contributed by atoms with E-state index in [4.69, 9.17) is 4.42 Å². The van der Waals surface area contributed by atoms with Crippen molar-refractivity contribution in [1.82, 2.24) is 158 Å². The van der Waals surface area contributed by atoms with Crippen LogP contribution in [0.5, 0.6) is 0 Å². The Labute approximate surface area is 741 Å². The first-order chi connectivity index (χ1) is 63.6. The van der Waals surface area contributed by atoms with E-state index in [9.17, 15) is 54.4 Å². The number of rotatable bonds is 22. The topological polar surface area (TPSA) is 590 Å². The molecular formula is C82H70BrFN36O11. The highest BCUT2D eigenvalue weighted by Crippen LogP contribution is 2.32. The van der Waals surface area contributed by atoms with Crippen molar-refractivity contribution in [3.63, 3.8) is 0 Å². The third kappa shape index (κ3) is 20.1. The number of amides is 5. The molecule has 47 nitrogen and oxygen atoms in total. The van der Waals surface area contributed by atoms with Crippen LogP contribution in [0.2, 0.25) is 0 Å². The van der Waals surface area contributed by atoms with Gasteiger partial charge in [-0.15, -0.1) is 101 Å². The number of fused-ring (bicyclic) bond motifs is 5. The van der Waals surface area contributed by atoms with Crippen LogP contribution < -0.4 is 24.5 Å². The van der Waals surface area contributed by atoms with E-state index in [-0.39, 0.29) is 67.7 Å². The highest BCUT2D eigenvalue weighted by atomic mass is 79.9. The normalized spacial score (nSPS) is 11.0. The number of hydrogen-bond donors (Lipinski definition) is 10. The van der Waals surface area contributed by atoms with E-state index < -0.39 is 11.7 Å². The van der Waals surface area contributed by atoms with Crippen molar-refractivity contribution >= 4 is 128 Å². The standard InChI is InChI=1S/C18H17N7O2.C17H15N7O2.C16H11BrFN7O2.C16H15N7O3.C15H12N8O2/c26-18(9-6-13-4-2-1-3-5-13)24(12-17-20-22-23-21-17)15-7-8-16-14(10-15)11-19-25(16)27;1-11-3-2-4-12(7-11)17(25)23(10-16-19-21-22-20-16)14-5-6-15-13(8-14)9-18-24(15)26;17-11-3-9(4-12(18)6-11)16(26)24(8-15-20-22-23-21-15)13-1-2-14-10(5-13)7-19-25(14)27;1-9-8-26-10(2)15(9)16(24)22(7-14-18-20-21-19-14)12-3-4-13-11(5-12)6-17-23(13)25;24-15(10-2-1-5-16-7-10)22(9-14-18-20-21-19-14)12-3-4-13-11(6-12)8-17-23(13)25/h1-5,7-8,10-11,27H,6,9,12H2,(H,20,21,22,23);2-9,26H,10H2,1H3,(H,19,20,21,22);1-7,27H,8H2,(H,20,21,22,23);3-6,8,25H,7H2,1-2H3,(H,18,19,20,21);1-8,25H,9H2,(H,18,19,20,21). The van der Waals surface area contributed by atoms with Gasteiger partial charge in [0, 0.05) is 95.3 Å². The molecule has 0 fully saturated rings. The molecule has 0 aliphatic rings. The monoisotopic (exact) mass is 1830 g/mol. The Hall–Kier alpha value is -18.4. The zero-order chi connectivity index (χ0) is 91.2. The SMILES string of the molecule is Cc1cccc(C(=O)N(Cc2nn[nH]n2)c2ccc3c(cnn3O)c2)c1.Cc1coc(C)c1C(=O)N(Cc1nn[nH]n1)c1ccc2c(cnn2O)c1.O=C(CCc1ccccc1)N(Cc1nn[nH]n1)c1ccc2c(cnn2O)c1.O=C(c1cc(F)cc(Br)c1)N(Cc1nn[nH]n1)c1ccc2c(cnn2O)c1.O=C(c1cccnc1)N(Cc1nn[nH]n1)c1ccc2c(cnn2O)c1. The average molecular weight is 1830 g/mol. The van der Waals surface area contributed by atoms with Gasteiger partial charge >= 0.3 is 0 Å². The quantitative estimate of drug-likeness (QED) is 0.0282. The van der Waals surface area contributed by atoms with Gasteiger partial charge in [0.1, 0.15) is 39.2 Å². The van der Waals surface area contributed by atoms with Gasteiger partial charge in [-0.3, -0.25) is 29.0 Å². The van der Waals surface area contributed by atoms with Crippen LogP contribution in [-0.4, -0.2) is 213 Å². The number of aromatic amines is 5. The van der Waals surface area contributed by atoms with Crippen LogP contribution in [0.15, 0.2) is 234 Å². The van der Waals surface area contributed by atoms with E-state index >= 15 is 0 Å². The summed E-state index contributed by atoms with van der Waals surface area (Å²) in [5.74, 6) is 0.651. The Morgan fingerprint density at radius 1 is 0.389 bits per heavy atom. The van der Waals surface area contributed by atoms with Crippen LogP contribution in [-0.2, 0) is 43.9 Å². The zero-order valence-electron chi connectivity index (χ0n) is 68.6. The number of nitrogens with one attached hydrogen (secondary N) is 5. The molecule has 0 spiro atoms. The third-order valence-electron chi connectivity index (χ3n) is 20.1. The lowest BCUT2D eigenvalue weighted by Crippen LogP contribution is -2.31. The van der Waals surface area contributed by atoms with E-state index in [1.165, 1.54) is 57.8 Å². The molecule has 5 amide bonds. The Morgan fingerprint density at radius 2 is 0.756 bits per heavy atom. The Bertz CT molecular complexity index is 7320. The Kier molecular flexibility index (Phi) is 25.5. The van der Waals surface area contributed by atoms with Gasteiger partial charge in [-0.25, -0.2) is 4.39 Å². The Morgan fingerprint density at radius 3 is 1.11 bits per heavy atom. The number of carbonyl (C=O) groups is 5. The van der Waals surface area contributed by atoms with E-state index in [0.717, 1.165) is 52.4 Å².